The first-order valence-corrected chi connectivity index (χ1v) is 4.72. The lowest BCUT2D eigenvalue weighted by Gasteiger charge is -2.11. The fraction of sp³-hybridized carbons (Fsp3) is 0.200. The van der Waals surface area contributed by atoms with Gasteiger partial charge in [-0.05, 0) is 18.1 Å². The third-order valence-corrected chi connectivity index (χ3v) is 2.64. The molecule has 3 heteroatoms. The topological polar surface area (TPSA) is 26.0 Å². The van der Waals surface area contributed by atoms with Gasteiger partial charge in [0.2, 0.25) is 0 Å². The Hall–Kier alpha value is -0.500. The molecule has 2 N–H and O–H groups in total. The lowest BCUT2D eigenvalue weighted by Crippen LogP contribution is -2.09. The van der Waals surface area contributed by atoms with Gasteiger partial charge in [-0.15, -0.1) is 6.58 Å². The van der Waals surface area contributed by atoms with Crippen LogP contribution < -0.4 is 5.73 Å². The van der Waals surface area contributed by atoms with Gasteiger partial charge in [-0.3, -0.25) is 0 Å². The van der Waals surface area contributed by atoms with Crippen LogP contribution in [0.25, 0.3) is 0 Å². The van der Waals surface area contributed by atoms with Gasteiger partial charge < -0.3 is 5.73 Å². The smallest absolute Gasteiger partial charge is 0.0640 e. The van der Waals surface area contributed by atoms with Gasteiger partial charge in [0.25, 0.3) is 0 Å². The molecule has 0 fully saturated rings. The molecule has 0 bridgehead atoms. The summed E-state index contributed by atoms with van der Waals surface area (Å²) in [5, 5.41) is 1.08. The van der Waals surface area contributed by atoms with E-state index in [1.807, 2.05) is 12.1 Å². The Balaban J connectivity index is 3.00. The maximum Gasteiger partial charge on any atom is 0.0640 e. The zero-order chi connectivity index (χ0) is 9.84. The zero-order valence-corrected chi connectivity index (χ0v) is 8.65. The standard InChI is InChI=1S/C10H11Cl2N/c1-2-4-9(13)7-5-3-6-8(11)10(7)12/h2-3,5-6,9H,1,4,13H2. The highest BCUT2D eigenvalue weighted by atomic mass is 35.5. The normalized spacial score (nSPS) is 12.5. The van der Waals surface area contributed by atoms with Gasteiger partial charge in [0, 0.05) is 6.04 Å². The quantitative estimate of drug-likeness (QED) is 0.768. The Kier molecular flexibility index (Phi) is 3.79. The van der Waals surface area contributed by atoms with Crippen LogP contribution in [0.2, 0.25) is 10.0 Å². The van der Waals surface area contributed by atoms with E-state index in [1.165, 1.54) is 0 Å². The molecule has 0 saturated heterocycles. The Labute approximate surface area is 88.1 Å². The van der Waals surface area contributed by atoms with E-state index in [9.17, 15) is 0 Å². The first kappa shape index (κ1) is 10.6. The second-order valence-electron chi connectivity index (χ2n) is 2.77. The maximum atomic E-state index is 5.98. The van der Waals surface area contributed by atoms with Crippen LogP contribution in [0.1, 0.15) is 18.0 Å². The fourth-order valence-electron chi connectivity index (χ4n) is 1.11. The largest absolute Gasteiger partial charge is 0.324 e. The summed E-state index contributed by atoms with van der Waals surface area (Å²) in [4.78, 5) is 0. The van der Waals surface area contributed by atoms with Crippen LogP contribution in [0.3, 0.4) is 0 Å². The minimum Gasteiger partial charge on any atom is -0.324 e. The molecule has 1 nitrogen and oxygen atoms in total. The molecule has 0 radical (unpaired) electrons. The van der Waals surface area contributed by atoms with Gasteiger partial charge in [0.05, 0.1) is 10.0 Å². The summed E-state index contributed by atoms with van der Waals surface area (Å²) < 4.78 is 0. The second-order valence-corrected chi connectivity index (χ2v) is 3.56. The molecule has 1 aromatic carbocycles. The molecule has 0 saturated carbocycles. The molecule has 1 atom stereocenters. The third kappa shape index (κ3) is 2.47. The predicted octanol–water partition coefficient (Wildman–Crippen LogP) is 3.57. The number of benzene rings is 1. The highest BCUT2D eigenvalue weighted by Gasteiger charge is 2.10. The maximum absolute atomic E-state index is 5.98. The van der Waals surface area contributed by atoms with Crippen LogP contribution in [0.5, 0.6) is 0 Å². The molecule has 13 heavy (non-hydrogen) atoms. The van der Waals surface area contributed by atoms with E-state index in [0.717, 1.165) is 5.56 Å². The summed E-state index contributed by atoms with van der Waals surface area (Å²) in [5.74, 6) is 0. The van der Waals surface area contributed by atoms with E-state index in [-0.39, 0.29) is 6.04 Å². The molecule has 0 aliphatic carbocycles. The van der Waals surface area contributed by atoms with Gasteiger partial charge in [-0.2, -0.15) is 0 Å². The Morgan fingerprint density at radius 3 is 2.77 bits per heavy atom. The zero-order valence-electron chi connectivity index (χ0n) is 7.13. The van der Waals surface area contributed by atoms with E-state index in [1.54, 1.807) is 12.1 Å². The third-order valence-electron chi connectivity index (χ3n) is 1.80. The molecule has 70 valence electrons. The molecule has 0 aromatic heterocycles. The molecular weight excluding hydrogens is 205 g/mol. The Morgan fingerprint density at radius 2 is 2.15 bits per heavy atom. The summed E-state index contributed by atoms with van der Waals surface area (Å²) in [6, 6.07) is 5.34. The van der Waals surface area contributed by atoms with Crippen molar-refractivity contribution in [2.24, 2.45) is 5.73 Å². The van der Waals surface area contributed by atoms with Crippen LogP contribution in [0.4, 0.5) is 0 Å². The van der Waals surface area contributed by atoms with Crippen molar-refractivity contribution in [2.75, 3.05) is 0 Å². The molecule has 0 heterocycles. The molecule has 0 aliphatic rings. The van der Waals surface area contributed by atoms with Crippen molar-refractivity contribution in [3.8, 4) is 0 Å². The SMILES string of the molecule is C=CCC(N)c1cccc(Cl)c1Cl. The highest BCUT2D eigenvalue weighted by Crippen LogP contribution is 2.30. The van der Waals surface area contributed by atoms with Gasteiger partial charge >= 0.3 is 0 Å². The van der Waals surface area contributed by atoms with E-state index < -0.39 is 0 Å². The minimum atomic E-state index is -0.122. The number of rotatable bonds is 3. The van der Waals surface area contributed by atoms with Crippen molar-refractivity contribution in [3.05, 3.63) is 46.5 Å². The fourth-order valence-corrected chi connectivity index (χ4v) is 1.56. The van der Waals surface area contributed by atoms with Crippen molar-refractivity contribution in [2.45, 2.75) is 12.5 Å². The van der Waals surface area contributed by atoms with Crippen LogP contribution in [0.15, 0.2) is 30.9 Å². The summed E-state index contributed by atoms with van der Waals surface area (Å²) in [6.45, 7) is 3.62. The van der Waals surface area contributed by atoms with Crippen molar-refractivity contribution in [1.29, 1.82) is 0 Å². The van der Waals surface area contributed by atoms with E-state index in [4.69, 9.17) is 28.9 Å². The van der Waals surface area contributed by atoms with Crippen molar-refractivity contribution < 1.29 is 0 Å². The second kappa shape index (κ2) is 4.66. The predicted molar refractivity (Wildman–Crippen MR) is 58.2 cm³/mol. The summed E-state index contributed by atoms with van der Waals surface area (Å²) in [5.41, 5.74) is 6.73. The molecule has 0 amide bonds. The first-order valence-electron chi connectivity index (χ1n) is 3.97. The molecule has 0 spiro atoms. The first-order chi connectivity index (χ1) is 6.16. The number of nitrogens with two attached hydrogens (primary N) is 1. The lowest BCUT2D eigenvalue weighted by atomic mass is 10.1. The average Bonchev–Trinajstić information content (AvgIpc) is 2.10. The molecule has 1 aromatic rings. The van der Waals surface area contributed by atoms with Crippen LogP contribution in [-0.4, -0.2) is 0 Å². The summed E-state index contributed by atoms with van der Waals surface area (Å²) in [7, 11) is 0. The monoisotopic (exact) mass is 215 g/mol. The average molecular weight is 216 g/mol. The van der Waals surface area contributed by atoms with Crippen LogP contribution in [-0.2, 0) is 0 Å². The Morgan fingerprint density at radius 1 is 1.46 bits per heavy atom. The molecule has 1 rings (SSSR count). The summed E-state index contributed by atoms with van der Waals surface area (Å²) >= 11 is 11.8. The number of hydrogen-bond donors (Lipinski definition) is 1. The summed E-state index contributed by atoms with van der Waals surface area (Å²) in [6.07, 6.45) is 2.46. The van der Waals surface area contributed by atoms with E-state index in [2.05, 4.69) is 6.58 Å². The number of halogens is 2. The Bertz CT molecular complexity index is 310. The van der Waals surface area contributed by atoms with Crippen LogP contribution >= 0.6 is 23.2 Å². The van der Waals surface area contributed by atoms with Crippen molar-refractivity contribution in [1.82, 2.24) is 0 Å². The minimum absolute atomic E-state index is 0.122. The highest BCUT2D eigenvalue weighted by molar-refractivity contribution is 6.42. The van der Waals surface area contributed by atoms with E-state index >= 15 is 0 Å². The number of hydrogen-bond acceptors (Lipinski definition) is 1. The lowest BCUT2D eigenvalue weighted by molar-refractivity contribution is 0.742. The van der Waals surface area contributed by atoms with Gasteiger partial charge in [-0.25, -0.2) is 0 Å². The molecule has 0 aliphatic heterocycles. The van der Waals surface area contributed by atoms with Crippen molar-refractivity contribution in [3.63, 3.8) is 0 Å². The van der Waals surface area contributed by atoms with Crippen LogP contribution in [0, 0.1) is 0 Å². The van der Waals surface area contributed by atoms with Gasteiger partial charge in [-0.1, -0.05) is 41.4 Å². The molecular formula is C10H11Cl2N. The van der Waals surface area contributed by atoms with Gasteiger partial charge in [0.15, 0.2) is 0 Å². The molecule has 1 unspecified atom stereocenters. The van der Waals surface area contributed by atoms with Crippen molar-refractivity contribution >= 4 is 23.2 Å². The van der Waals surface area contributed by atoms with Gasteiger partial charge in [0.1, 0.15) is 0 Å². The van der Waals surface area contributed by atoms with E-state index in [0.29, 0.717) is 16.5 Å².